The molecule has 2 aromatic rings. The van der Waals surface area contributed by atoms with Gasteiger partial charge in [0.15, 0.2) is 0 Å². The fraction of sp³-hybridized carbons (Fsp3) is 0.412. The second-order valence-corrected chi connectivity index (χ2v) is 5.75. The van der Waals surface area contributed by atoms with Crippen LogP contribution in [0.15, 0.2) is 12.1 Å². The van der Waals surface area contributed by atoms with E-state index in [0.717, 1.165) is 30.5 Å². The first kappa shape index (κ1) is 15.3. The number of aryl methyl sites for hydroxylation is 5. The first-order chi connectivity index (χ1) is 9.88. The predicted molar refractivity (Wildman–Crippen MR) is 88.3 cm³/mol. The van der Waals surface area contributed by atoms with Gasteiger partial charge in [0.2, 0.25) is 5.95 Å². The van der Waals surface area contributed by atoms with E-state index in [1.165, 1.54) is 22.3 Å². The van der Waals surface area contributed by atoms with Gasteiger partial charge in [-0.05, 0) is 69.2 Å². The fourth-order valence-electron chi connectivity index (χ4n) is 2.69. The third-order valence-corrected chi connectivity index (χ3v) is 4.09. The van der Waals surface area contributed by atoms with Crippen molar-refractivity contribution in [1.29, 1.82) is 0 Å². The van der Waals surface area contributed by atoms with Crippen molar-refractivity contribution in [3.8, 4) is 0 Å². The first-order valence-corrected chi connectivity index (χ1v) is 7.33. The van der Waals surface area contributed by atoms with Crippen molar-refractivity contribution >= 4 is 11.8 Å². The molecule has 4 heteroatoms. The maximum absolute atomic E-state index is 5.94. The Morgan fingerprint density at radius 3 is 2.19 bits per heavy atom. The maximum Gasteiger partial charge on any atom is 0.222 e. The van der Waals surface area contributed by atoms with Gasteiger partial charge in [-0.2, -0.15) is 4.98 Å². The summed E-state index contributed by atoms with van der Waals surface area (Å²) in [5.74, 6) is 0.760. The largest absolute Gasteiger partial charge is 0.383 e. The first-order valence-electron chi connectivity index (χ1n) is 7.33. The second kappa shape index (κ2) is 6.12. The highest BCUT2D eigenvalue weighted by Gasteiger charge is 2.08. The molecule has 0 unspecified atom stereocenters. The molecule has 0 aliphatic carbocycles. The van der Waals surface area contributed by atoms with Gasteiger partial charge < -0.3 is 11.5 Å². The Balaban J connectivity index is 2.07. The highest BCUT2D eigenvalue weighted by Crippen LogP contribution is 2.20. The summed E-state index contributed by atoms with van der Waals surface area (Å²) in [4.78, 5) is 8.24. The Morgan fingerprint density at radius 2 is 1.52 bits per heavy atom. The highest BCUT2D eigenvalue weighted by atomic mass is 15.0. The molecule has 0 saturated carbocycles. The Morgan fingerprint density at radius 1 is 0.857 bits per heavy atom. The van der Waals surface area contributed by atoms with Crippen LogP contribution in [0.3, 0.4) is 0 Å². The van der Waals surface area contributed by atoms with E-state index in [-0.39, 0.29) is 5.95 Å². The minimum absolute atomic E-state index is 0.249. The normalized spacial score (nSPS) is 10.9. The lowest BCUT2D eigenvalue weighted by atomic mass is 9.96. The number of rotatable bonds is 4. The summed E-state index contributed by atoms with van der Waals surface area (Å²) >= 11 is 0. The van der Waals surface area contributed by atoms with Crippen LogP contribution in [0.5, 0.6) is 0 Å². The monoisotopic (exact) mass is 284 g/mol. The van der Waals surface area contributed by atoms with Crippen LogP contribution < -0.4 is 11.5 Å². The number of anilines is 2. The molecule has 1 aromatic heterocycles. The van der Waals surface area contributed by atoms with Gasteiger partial charge in [-0.25, -0.2) is 4.98 Å². The van der Waals surface area contributed by atoms with E-state index in [1.807, 2.05) is 6.92 Å². The van der Waals surface area contributed by atoms with Crippen LogP contribution in [0.4, 0.5) is 11.8 Å². The molecule has 0 aliphatic heterocycles. The smallest absolute Gasteiger partial charge is 0.222 e. The van der Waals surface area contributed by atoms with Crippen molar-refractivity contribution in [2.45, 2.75) is 47.0 Å². The van der Waals surface area contributed by atoms with Gasteiger partial charge >= 0.3 is 0 Å². The molecule has 1 aromatic carbocycles. The molecule has 0 aliphatic rings. The lowest BCUT2D eigenvalue weighted by Gasteiger charge is -2.11. The summed E-state index contributed by atoms with van der Waals surface area (Å²) in [6.45, 7) is 8.43. The molecule has 21 heavy (non-hydrogen) atoms. The van der Waals surface area contributed by atoms with E-state index in [1.54, 1.807) is 0 Å². The molecule has 112 valence electrons. The van der Waals surface area contributed by atoms with Crippen LogP contribution in [0.2, 0.25) is 0 Å². The van der Waals surface area contributed by atoms with Crippen LogP contribution in [0.1, 0.15) is 39.9 Å². The molecular weight excluding hydrogens is 260 g/mol. The SMILES string of the molecule is Cc1cc(C)c(CCCc2c(C)nc(N)nc2N)cc1C. The zero-order valence-corrected chi connectivity index (χ0v) is 13.3. The number of hydrogen-bond acceptors (Lipinski definition) is 4. The molecule has 0 fully saturated rings. The zero-order valence-electron chi connectivity index (χ0n) is 13.3. The molecular formula is C17H24N4. The molecule has 2 rings (SSSR count). The number of nitrogens with two attached hydrogens (primary N) is 2. The number of benzene rings is 1. The van der Waals surface area contributed by atoms with Gasteiger partial charge in [-0.15, -0.1) is 0 Å². The lowest BCUT2D eigenvalue weighted by Crippen LogP contribution is -2.07. The Hall–Kier alpha value is -2.10. The van der Waals surface area contributed by atoms with Gasteiger partial charge in [0, 0.05) is 11.3 Å². The molecule has 0 bridgehead atoms. The number of aromatic nitrogens is 2. The average molecular weight is 284 g/mol. The van der Waals surface area contributed by atoms with Gasteiger partial charge in [0.05, 0.1) is 0 Å². The van der Waals surface area contributed by atoms with Crippen molar-refractivity contribution in [3.05, 3.63) is 45.6 Å². The topological polar surface area (TPSA) is 77.8 Å². The summed E-state index contributed by atoms with van der Waals surface area (Å²) < 4.78 is 0. The number of nitrogens with zero attached hydrogens (tertiary/aromatic N) is 2. The summed E-state index contributed by atoms with van der Waals surface area (Å²) in [7, 11) is 0. The van der Waals surface area contributed by atoms with Crippen LogP contribution >= 0.6 is 0 Å². The second-order valence-electron chi connectivity index (χ2n) is 5.75. The van der Waals surface area contributed by atoms with E-state index < -0.39 is 0 Å². The van der Waals surface area contributed by atoms with E-state index >= 15 is 0 Å². The van der Waals surface area contributed by atoms with Crippen LogP contribution in [-0.2, 0) is 12.8 Å². The predicted octanol–water partition coefficient (Wildman–Crippen LogP) is 3.05. The standard InChI is InChI=1S/C17H24N4/c1-10-8-12(3)14(9-11(10)2)6-5-7-15-13(4)20-17(19)21-16(15)18/h8-9H,5-7H2,1-4H3,(H4,18,19,20,21). The van der Waals surface area contributed by atoms with Crippen molar-refractivity contribution < 1.29 is 0 Å². The third-order valence-electron chi connectivity index (χ3n) is 4.09. The third kappa shape index (κ3) is 3.51. The quantitative estimate of drug-likeness (QED) is 0.904. The highest BCUT2D eigenvalue weighted by molar-refractivity contribution is 5.45. The van der Waals surface area contributed by atoms with Gasteiger partial charge in [-0.1, -0.05) is 12.1 Å². The van der Waals surface area contributed by atoms with Gasteiger partial charge in [0.1, 0.15) is 5.82 Å². The van der Waals surface area contributed by atoms with Gasteiger partial charge in [0.25, 0.3) is 0 Å². The van der Waals surface area contributed by atoms with Crippen molar-refractivity contribution in [2.24, 2.45) is 0 Å². The van der Waals surface area contributed by atoms with E-state index in [4.69, 9.17) is 11.5 Å². The molecule has 0 radical (unpaired) electrons. The van der Waals surface area contributed by atoms with Crippen LogP contribution in [0.25, 0.3) is 0 Å². The molecule has 0 amide bonds. The molecule has 1 heterocycles. The molecule has 0 saturated heterocycles. The van der Waals surface area contributed by atoms with Crippen LogP contribution in [-0.4, -0.2) is 9.97 Å². The lowest BCUT2D eigenvalue weighted by molar-refractivity contribution is 0.802. The Labute approximate surface area is 126 Å². The zero-order chi connectivity index (χ0) is 15.6. The minimum Gasteiger partial charge on any atom is -0.383 e. The van der Waals surface area contributed by atoms with Crippen molar-refractivity contribution in [1.82, 2.24) is 9.97 Å². The summed E-state index contributed by atoms with van der Waals surface area (Å²) in [6, 6.07) is 4.55. The summed E-state index contributed by atoms with van der Waals surface area (Å²) in [6.07, 6.45) is 2.95. The molecule has 4 nitrogen and oxygen atoms in total. The van der Waals surface area contributed by atoms with Gasteiger partial charge in [-0.3, -0.25) is 0 Å². The van der Waals surface area contributed by atoms with E-state index in [2.05, 4.69) is 42.9 Å². The number of hydrogen-bond donors (Lipinski definition) is 2. The van der Waals surface area contributed by atoms with Crippen LogP contribution in [0, 0.1) is 27.7 Å². The minimum atomic E-state index is 0.249. The fourth-order valence-corrected chi connectivity index (χ4v) is 2.69. The molecule has 4 N–H and O–H groups in total. The molecule has 0 atom stereocenters. The van der Waals surface area contributed by atoms with Crippen molar-refractivity contribution in [3.63, 3.8) is 0 Å². The Bertz CT molecular complexity index is 639. The van der Waals surface area contributed by atoms with E-state index in [9.17, 15) is 0 Å². The maximum atomic E-state index is 5.94. The summed E-state index contributed by atoms with van der Waals surface area (Å²) in [5.41, 5.74) is 18.9. The Kier molecular flexibility index (Phi) is 4.46. The van der Waals surface area contributed by atoms with E-state index in [0.29, 0.717) is 5.82 Å². The average Bonchev–Trinajstić information content (AvgIpc) is 2.38. The van der Waals surface area contributed by atoms with Crippen molar-refractivity contribution in [2.75, 3.05) is 11.5 Å². The number of nitrogen functional groups attached to an aromatic ring is 2. The molecule has 0 spiro atoms. The summed E-state index contributed by atoms with van der Waals surface area (Å²) in [5, 5.41) is 0.